The van der Waals surface area contributed by atoms with Crippen LogP contribution in [0.4, 0.5) is 10.5 Å². The van der Waals surface area contributed by atoms with Gasteiger partial charge in [0.25, 0.3) is 11.1 Å². The minimum atomic E-state index is -0.480. The molecule has 1 N–H and O–H groups in total. The minimum absolute atomic E-state index is 0.289. The maximum atomic E-state index is 13.0. The molecule has 8 heteroatoms. The molecule has 0 spiro atoms. The lowest BCUT2D eigenvalue weighted by atomic mass is 10.1. The number of benzene rings is 3. The third kappa shape index (κ3) is 5.08. The van der Waals surface area contributed by atoms with Crippen molar-refractivity contribution in [3.63, 3.8) is 0 Å². The number of hydrogen-bond acceptors (Lipinski definition) is 4. The summed E-state index contributed by atoms with van der Waals surface area (Å²) in [6.07, 6.45) is 3.72. The molecule has 0 aliphatic carbocycles. The van der Waals surface area contributed by atoms with Crippen LogP contribution in [0, 0.1) is 6.92 Å². The third-order valence-electron chi connectivity index (χ3n) is 5.88. The molecule has 1 fully saturated rings. The van der Waals surface area contributed by atoms with Gasteiger partial charge < -0.3 is 9.88 Å². The predicted molar refractivity (Wildman–Crippen MR) is 145 cm³/mol. The van der Waals surface area contributed by atoms with Gasteiger partial charge in [-0.1, -0.05) is 59.6 Å². The number of carbonyl (C=O) groups is 3. The molecule has 180 valence electrons. The number of amides is 3. The van der Waals surface area contributed by atoms with Gasteiger partial charge in [0.15, 0.2) is 0 Å². The number of imide groups is 1. The summed E-state index contributed by atoms with van der Waals surface area (Å²) in [6.45, 7) is 2.38. The summed E-state index contributed by atoms with van der Waals surface area (Å²) in [7, 11) is 0. The highest BCUT2D eigenvalue weighted by Crippen LogP contribution is 2.34. The summed E-state index contributed by atoms with van der Waals surface area (Å²) in [5.41, 5.74) is 4.78. The van der Waals surface area contributed by atoms with Gasteiger partial charge in [-0.25, -0.2) is 0 Å². The molecule has 6 nitrogen and oxygen atoms in total. The van der Waals surface area contributed by atoms with E-state index in [0.29, 0.717) is 17.3 Å². The molecule has 1 aromatic heterocycles. The molecule has 4 aromatic rings. The van der Waals surface area contributed by atoms with Crippen LogP contribution in [0.15, 0.2) is 83.9 Å². The summed E-state index contributed by atoms with van der Waals surface area (Å²) >= 11 is 6.71. The monoisotopic (exact) mass is 515 g/mol. The Kier molecular flexibility index (Phi) is 6.67. The van der Waals surface area contributed by atoms with Gasteiger partial charge in [0.1, 0.15) is 6.54 Å². The van der Waals surface area contributed by atoms with E-state index in [1.807, 2.05) is 30.5 Å². The number of rotatable bonds is 6. The van der Waals surface area contributed by atoms with E-state index in [4.69, 9.17) is 11.6 Å². The molecule has 0 radical (unpaired) electrons. The van der Waals surface area contributed by atoms with Crippen LogP contribution in [0.25, 0.3) is 17.0 Å². The number of thioether (sulfide) groups is 1. The molecule has 36 heavy (non-hydrogen) atoms. The first-order valence-electron chi connectivity index (χ1n) is 11.3. The fourth-order valence-corrected chi connectivity index (χ4v) is 5.02. The molecule has 0 bridgehead atoms. The second-order valence-corrected chi connectivity index (χ2v) is 9.97. The first-order valence-corrected chi connectivity index (χ1v) is 12.5. The van der Waals surface area contributed by atoms with Crippen molar-refractivity contribution >= 4 is 63.1 Å². The topological polar surface area (TPSA) is 71.4 Å². The fraction of sp³-hybridized carbons (Fsp3) is 0.107. The van der Waals surface area contributed by atoms with Crippen LogP contribution in [-0.2, 0) is 16.1 Å². The van der Waals surface area contributed by atoms with Crippen LogP contribution in [0.1, 0.15) is 16.7 Å². The van der Waals surface area contributed by atoms with E-state index < -0.39 is 17.1 Å². The summed E-state index contributed by atoms with van der Waals surface area (Å²) in [6, 6.07) is 22.9. The first kappa shape index (κ1) is 23.9. The Balaban J connectivity index is 1.36. The smallest absolute Gasteiger partial charge is 0.294 e. The molecule has 2 heterocycles. The average Bonchev–Trinajstić information content (AvgIpc) is 3.34. The van der Waals surface area contributed by atoms with Crippen molar-refractivity contribution in [2.75, 3.05) is 11.9 Å². The predicted octanol–water partition coefficient (Wildman–Crippen LogP) is 6.33. The van der Waals surface area contributed by atoms with Gasteiger partial charge in [-0.15, -0.1) is 0 Å². The zero-order valence-electron chi connectivity index (χ0n) is 19.4. The van der Waals surface area contributed by atoms with Crippen molar-refractivity contribution in [3.05, 3.63) is 106 Å². The maximum Gasteiger partial charge on any atom is 0.294 e. The van der Waals surface area contributed by atoms with Crippen molar-refractivity contribution in [2.45, 2.75) is 13.5 Å². The second kappa shape index (κ2) is 10.0. The van der Waals surface area contributed by atoms with Crippen LogP contribution in [0.5, 0.6) is 0 Å². The van der Waals surface area contributed by atoms with Gasteiger partial charge in [-0.2, -0.15) is 0 Å². The van der Waals surface area contributed by atoms with E-state index >= 15 is 0 Å². The Bertz CT molecular complexity index is 1510. The highest BCUT2D eigenvalue weighted by Gasteiger charge is 2.36. The molecule has 0 saturated carbocycles. The number of anilines is 1. The Labute approximate surface area is 217 Å². The highest BCUT2D eigenvalue weighted by molar-refractivity contribution is 8.18. The Morgan fingerprint density at radius 2 is 1.72 bits per heavy atom. The molecule has 1 aliphatic heterocycles. The number of carbonyl (C=O) groups excluding carboxylic acids is 3. The van der Waals surface area contributed by atoms with Gasteiger partial charge in [-0.3, -0.25) is 19.3 Å². The standard InChI is InChI=1S/C28H22ClN3O3S/c1-18-6-8-19(9-7-18)15-31-16-20(23-4-2-3-5-24(23)31)14-25-27(34)32(28(35)36-25)17-26(33)30-22-12-10-21(29)11-13-22/h2-14,16H,15,17H2,1H3,(H,30,33)/b25-14-. The number of aromatic nitrogens is 1. The Morgan fingerprint density at radius 1 is 1.00 bits per heavy atom. The number of halogens is 1. The second-order valence-electron chi connectivity index (χ2n) is 8.54. The van der Waals surface area contributed by atoms with Crippen LogP contribution in [0.3, 0.4) is 0 Å². The lowest BCUT2D eigenvalue weighted by Crippen LogP contribution is -2.36. The molecule has 0 atom stereocenters. The summed E-state index contributed by atoms with van der Waals surface area (Å²) < 4.78 is 2.13. The molecule has 1 aliphatic rings. The number of para-hydroxylation sites is 1. The average molecular weight is 516 g/mol. The van der Waals surface area contributed by atoms with Crippen LogP contribution >= 0.6 is 23.4 Å². The van der Waals surface area contributed by atoms with Crippen molar-refractivity contribution in [1.29, 1.82) is 0 Å². The van der Waals surface area contributed by atoms with Gasteiger partial charge in [0.2, 0.25) is 5.91 Å². The van der Waals surface area contributed by atoms with E-state index in [1.54, 1.807) is 30.3 Å². The van der Waals surface area contributed by atoms with Gasteiger partial charge in [0, 0.05) is 39.9 Å². The first-order chi connectivity index (χ1) is 17.4. The zero-order valence-corrected chi connectivity index (χ0v) is 21.0. The number of nitrogens with zero attached hydrogens (tertiary/aromatic N) is 2. The van der Waals surface area contributed by atoms with E-state index in [1.165, 1.54) is 11.1 Å². The van der Waals surface area contributed by atoms with Gasteiger partial charge >= 0.3 is 0 Å². The summed E-state index contributed by atoms with van der Waals surface area (Å²) in [4.78, 5) is 39.3. The van der Waals surface area contributed by atoms with Crippen molar-refractivity contribution < 1.29 is 14.4 Å². The molecule has 1 saturated heterocycles. The zero-order chi connectivity index (χ0) is 25.2. The minimum Gasteiger partial charge on any atom is -0.342 e. The lowest BCUT2D eigenvalue weighted by Gasteiger charge is -2.12. The molecule has 3 aromatic carbocycles. The van der Waals surface area contributed by atoms with Crippen molar-refractivity contribution in [2.24, 2.45) is 0 Å². The molecule has 5 rings (SSSR count). The third-order valence-corrected chi connectivity index (χ3v) is 7.04. The fourth-order valence-electron chi connectivity index (χ4n) is 4.07. The number of fused-ring (bicyclic) bond motifs is 1. The molecule has 3 amide bonds. The van der Waals surface area contributed by atoms with Crippen molar-refractivity contribution in [3.8, 4) is 0 Å². The normalized spacial score (nSPS) is 14.7. The van der Waals surface area contributed by atoms with E-state index in [2.05, 4.69) is 41.1 Å². The summed E-state index contributed by atoms with van der Waals surface area (Å²) in [5.74, 6) is -0.942. The SMILES string of the molecule is Cc1ccc(Cn2cc(/C=C3\SC(=O)N(CC(=O)Nc4ccc(Cl)cc4)C3=O)c3ccccc32)cc1. The van der Waals surface area contributed by atoms with Crippen LogP contribution in [-0.4, -0.2) is 33.1 Å². The lowest BCUT2D eigenvalue weighted by molar-refractivity contribution is -0.127. The number of aryl methyl sites for hydroxylation is 1. The molecular formula is C28H22ClN3O3S. The summed E-state index contributed by atoms with van der Waals surface area (Å²) in [5, 5.41) is 3.74. The van der Waals surface area contributed by atoms with E-state index in [-0.39, 0.29) is 11.4 Å². The highest BCUT2D eigenvalue weighted by atomic mass is 35.5. The maximum absolute atomic E-state index is 13.0. The Morgan fingerprint density at radius 3 is 2.47 bits per heavy atom. The van der Waals surface area contributed by atoms with Crippen molar-refractivity contribution in [1.82, 2.24) is 9.47 Å². The number of nitrogens with one attached hydrogen (secondary N) is 1. The van der Waals surface area contributed by atoms with Crippen LogP contribution in [0.2, 0.25) is 5.02 Å². The molecular weight excluding hydrogens is 494 g/mol. The number of hydrogen-bond donors (Lipinski definition) is 1. The molecule has 0 unspecified atom stereocenters. The van der Waals surface area contributed by atoms with E-state index in [0.717, 1.165) is 33.1 Å². The quantitative estimate of drug-likeness (QED) is 0.305. The Hall–Kier alpha value is -3.81. The van der Waals surface area contributed by atoms with E-state index in [9.17, 15) is 14.4 Å². The van der Waals surface area contributed by atoms with Crippen LogP contribution < -0.4 is 5.32 Å². The van der Waals surface area contributed by atoms with Gasteiger partial charge in [0.05, 0.1) is 4.91 Å². The largest absolute Gasteiger partial charge is 0.342 e. The van der Waals surface area contributed by atoms with Gasteiger partial charge in [-0.05, 0) is 60.7 Å².